The second kappa shape index (κ2) is 6.91. The van der Waals surface area contributed by atoms with E-state index in [-0.39, 0.29) is 17.7 Å². The van der Waals surface area contributed by atoms with E-state index in [0.29, 0.717) is 21.2 Å². The van der Waals surface area contributed by atoms with Crippen LogP contribution in [0.25, 0.3) is 0 Å². The van der Waals surface area contributed by atoms with Crippen LogP contribution in [-0.4, -0.2) is 22.2 Å². The van der Waals surface area contributed by atoms with Crippen LogP contribution in [-0.2, 0) is 6.54 Å². The van der Waals surface area contributed by atoms with Crippen molar-refractivity contribution in [2.75, 3.05) is 6.61 Å². The van der Waals surface area contributed by atoms with Crippen LogP contribution in [0.4, 0.5) is 0 Å². The summed E-state index contributed by atoms with van der Waals surface area (Å²) in [6.45, 7) is 0.687. The smallest absolute Gasteiger partial charge is 0.335 e. The van der Waals surface area contributed by atoms with Crippen molar-refractivity contribution in [2.45, 2.75) is 6.54 Å². The van der Waals surface area contributed by atoms with E-state index in [4.69, 9.17) is 9.84 Å². The lowest BCUT2D eigenvalue weighted by molar-refractivity contribution is 0.0696. The van der Waals surface area contributed by atoms with Crippen molar-refractivity contribution in [3.63, 3.8) is 0 Å². The number of halogens is 2. The number of hydrogen-bond donors (Lipinski definition) is 1. The Balaban J connectivity index is 2.09. The molecule has 0 spiro atoms. The normalized spacial score (nSPS) is 10.4. The summed E-state index contributed by atoms with van der Waals surface area (Å²) in [4.78, 5) is 22.5. The van der Waals surface area contributed by atoms with Crippen LogP contribution >= 0.6 is 31.9 Å². The van der Waals surface area contributed by atoms with E-state index in [1.54, 1.807) is 18.3 Å². The maximum absolute atomic E-state index is 11.5. The molecule has 2 rings (SSSR count). The summed E-state index contributed by atoms with van der Waals surface area (Å²) in [5, 5.41) is 8.96. The minimum absolute atomic E-state index is 0.0968. The van der Waals surface area contributed by atoms with Crippen molar-refractivity contribution in [3.05, 3.63) is 61.4 Å². The average molecular weight is 417 g/mol. The molecule has 7 heteroatoms. The molecule has 1 heterocycles. The Morgan fingerprint density at radius 3 is 2.48 bits per heavy atom. The Hall–Kier alpha value is -1.60. The average Bonchev–Trinajstić information content (AvgIpc) is 2.43. The number of aromatic carboxylic acids is 1. The van der Waals surface area contributed by atoms with Crippen LogP contribution in [0.5, 0.6) is 5.75 Å². The van der Waals surface area contributed by atoms with E-state index in [2.05, 4.69) is 31.9 Å². The van der Waals surface area contributed by atoms with Gasteiger partial charge in [0.25, 0.3) is 5.56 Å². The van der Waals surface area contributed by atoms with Gasteiger partial charge in [-0.2, -0.15) is 0 Å². The highest BCUT2D eigenvalue weighted by Gasteiger charge is 2.12. The number of ether oxygens (including phenoxy) is 1. The molecule has 1 aromatic heterocycles. The van der Waals surface area contributed by atoms with Gasteiger partial charge in [0.15, 0.2) is 0 Å². The summed E-state index contributed by atoms with van der Waals surface area (Å²) < 4.78 is 8.22. The quantitative estimate of drug-likeness (QED) is 0.812. The summed E-state index contributed by atoms with van der Waals surface area (Å²) in [6.07, 6.45) is 1.68. The fourth-order valence-corrected chi connectivity index (χ4v) is 3.13. The first-order valence-electron chi connectivity index (χ1n) is 5.99. The van der Waals surface area contributed by atoms with Gasteiger partial charge in [-0.05, 0) is 50.1 Å². The zero-order valence-electron chi connectivity index (χ0n) is 10.8. The summed E-state index contributed by atoms with van der Waals surface area (Å²) in [5.41, 5.74) is 0.0563. The van der Waals surface area contributed by atoms with Gasteiger partial charge in [0.1, 0.15) is 12.4 Å². The van der Waals surface area contributed by atoms with Gasteiger partial charge in [0, 0.05) is 12.3 Å². The molecule has 0 atom stereocenters. The van der Waals surface area contributed by atoms with E-state index in [1.165, 1.54) is 22.8 Å². The van der Waals surface area contributed by atoms with Gasteiger partial charge in [0.05, 0.1) is 21.1 Å². The number of carbonyl (C=O) groups is 1. The van der Waals surface area contributed by atoms with E-state index < -0.39 is 5.97 Å². The van der Waals surface area contributed by atoms with E-state index in [0.717, 1.165) is 0 Å². The van der Waals surface area contributed by atoms with Gasteiger partial charge in [0.2, 0.25) is 0 Å². The molecular formula is C14H11Br2NO4. The number of pyridine rings is 1. The molecule has 1 N–H and O–H groups in total. The summed E-state index contributed by atoms with van der Waals surface area (Å²) in [6, 6.07) is 7.87. The number of nitrogens with zero attached hydrogens (tertiary/aromatic N) is 1. The summed E-state index contributed by atoms with van der Waals surface area (Å²) in [7, 11) is 0. The first kappa shape index (κ1) is 15.8. The van der Waals surface area contributed by atoms with Gasteiger partial charge in [-0.1, -0.05) is 6.07 Å². The zero-order valence-corrected chi connectivity index (χ0v) is 13.9. The predicted octanol–water partition coefficient (Wildman–Crippen LogP) is 3.15. The lowest BCUT2D eigenvalue weighted by atomic mass is 10.2. The fraction of sp³-hybridized carbons (Fsp3) is 0.143. The maximum Gasteiger partial charge on any atom is 0.335 e. The molecule has 0 aliphatic heterocycles. The molecule has 0 saturated heterocycles. The predicted molar refractivity (Wildman–Crippen MR) is 85.0 cm³/mol. The Morgan fingerprint density at radius 2 is 1.90 bits per heavy atom. The largest absolute Gasteiger partial charge is 0.489 e. The van der Waals surface area contributed by atoms with Gasteiger partial charge < -0.3 is 14.4 Å². The molecule has 1 aromatic carbocycles. The Morgan fingerprint density at radius 1 is 1.24 bits per heavy atom. The molecule has 5 nitrogen and oxygen atoms in total. The molecule has 110 valence electrons. The van der Waals surface area contributed by atoms with E-state index >= 15 is 0 Å². The standard InChI is InChI=1S/C14H11Br2NO4/c15-10-7-9(14(19)20)8-11(16)13(10)21-6-5-17-4-2-1-3-12(17)18/h1-4,7-8H,5-6H2,(H,19,20). The lowest BCUT2D eigenvalue weighted by Crippen LogP contribution is -2.21. The van der Waals surface area contributed by atoms with Crippen LogP contribution in [0.15, 0.2) is 50.3 Å². The highest BCUT2D eigenvalue weighted by atomic mass is 79.9. The summed E-state index contributed by atoms with van der Waals surface area (Å²) >= 11 is 6.56. The molecule has 0 unspecified atom stereocenters. The minimum atomic E-state index is -1.02. The third kappa shape index (κ3) is 3.95. The summed E-state index contributed by atoms with van der Waals surface area (Å²) in [5.74, 6) is -0.511. The minimum Gasteiger partial charge on any atom is -0.489 e. The van der Waals surface area contributed by atoms with Crippen molar-refractivity contribution >= 4 is 37.8 Å². The van der Waals surface area contributed by atoms with Crippen molar-refractivity contribution < 1.29 is 14.6 Å². The number of benzene rings is 1. The van der Waals surface area contributed by atoms with E-state index in [1.807, 2.05) is 0 Å². The number of rotatable bonds is 5. The molecule has 0 saturated carbocycles. The number of aromatic nitrogens is 1. The number of carboxylic acid groups (broad SMARTS) is 1. The van der Waals surface area contributed by atoms with Crippen LogP contribution in [0.3, 0.4) is 0 Å². The van der Waals surface area contributed by atoms with E-state index in [9.17, 15) is 9.59 Å². The van der Waals surface area contributed by atoms with Crippen LogP contribution in [0.2, 0.25) is 0 Å². The molecule has 0 bridgehead atoms. The first-order chi connectivity index (χ1) is 9.99. The molecule has 0 aliphatic carbocycles. The number of hydrogen-bond acceptors (Lipinski definition) is 3. The third-order valence-electron chi connectivity index (χ3n) is 2.72. The SMILES string of the molecule is O=C(O)c1cc(Br)c(OCCn2ccccc2=O)c(Br)c1. The Labute approximate surface area is 137 Å². The van der Waals surface area contributed by atoms with Crippen molar-refractivity contribution in [3.8, 4) is 5.75 Å². The van der Waals surface area contributed by atoms with Crippen molar-refractivity contribution in [2.24, 2.45) is 0 Å². The highest BCUT2D eigenvalue weighted by molar-refractivity contribution is 9.11. The first-order valence-corrected chi connectivity index (χ1v) is 7.58. The van der Waals surface area contributed by atoms with Crippen molar-refractivity contribution in [1.82, 2.24) is 4.57 Å². The van der Waals surface area contributed by atoms with Crippen LogP contribution in [0, 0.1) is 0 Å². The topological polar surface area (TPSA) is 68.5 Å². The highest BCUT2D eigenvalue weighted by Crippen LogP contribution is 2.34. The second-order valence-corrected chi connectivity index (χ2v) is 5.86. The molecule has 0 amide bonds. The molecule has 0 radical (unpaired) electrons. The third-order valence-corrected chi connectivity index (χ3v) is 3.90. The fourth-order valence-electron chi connectivity index (χ4n) is 1.71. The molecular weight excluding hydrogens is 406 g/mol. The molecule has 2 aromatic rings. The number of carboxylic acids is 1. The lowest BCUT2D eigenvalue weighted by Gasteiger charge is -2.12. The molecule has 21 heavy (non-hydrogen) atoms. The van der Waals surface area contributed by atoms with Crippen molar-refractivity contribution in [1.29, 1.82) is 0 Å². The zero-order chi connectivity index (χ0) is 15.4. The van der Waals surface area contributed by atoms with Gasteiger partial charge >= 0.3 is 5.97 Å². The molecule has 0 aliphatic rings. The second-order valence-electron chi connectivity index (χ2n) is 4.15. The van der Waals surface area contributed by atoms with Gasteiger partial charge in [-0.3, -0.25) is 4.79 Å². The van der Waals surface area contributed by atoms with Gasteiger partial charge in [-0.25, -0.2) is 4.79 Å². The van der Waals surface area contributed by atoms with Gasteiger partial charge in [-0.15, -0.1) is 0 Å². The Kier molecular flexibility index (Phi) is 5.19. The monoisotopic (exact) mass is 415 g/mol. The van der Waals surface area contributed by atoms with Crippen LogP contribution < -0.4 is 10.3 Å². The molecule has 0 fully saturated rings. The Bertz CT molecular complexity index is 704. The maximum atomic E-state index is 11.5. The van der Waals surface area contributed by atoms with Crippen LogP contribution in [0.1, 0.15) is 10.4 Å².